The Kier molecular flexibility index (Phi) is 18.2. The van der Waals surface area contributed by atoms with Gasteiger partial charge in [0, 0.05) is 20.3 Å². The van der Waals surface area contributed by atoms with E-state index in [4.69, 9.17) is 4.99 Å². The predicted molar refractivity (Wildman–Crippen MR) is 149 cm³/mol. The molecule has 0 aromatic heterocycles. The van der Waals surface area contributed by atoms with Gasteiger partial charge in [-0.1, -0.05) is 96.1 Å². The molecule has 0 fully saturated rings. The predicted octanol–water partition coefficient (Wildman–Crippen LogP) is 8.31. The molecule has 0 saturated carbocycles. The first-order chi connectivity index (χ1) is 16.6. The van der Waals surface area contributed by atoms with Gasteiger partial charge in [-0.3, -0.25) is 9.28 Å². The van der Waals surface area contributed by atoms with Gasteiger partial charge in [0.15, 0.2) is 12.3 Å². The highest BCUT2D eigenvalue weighted by Crippen LogP contribution is 2.27. The lowest BCUT2D eigenvalue weighted by Crippen LogP contribution is -2.63. The Morgan fingerprint density at radius 3 is 1.88 bits per heavy atom. The molecule has 0 bridgehead atoms. The molecule has 34 heavy (non-hydrogen) atoms. The van der Waals surface area contributed by atoms with E-state index < -0.39 is 0 Å². The SMILES string of the molecule is CCCCCCCCCCCCCC/C=C/CCCCCC1N=CC[N+]1(CC)C(C)NC(C)=O. The number of unbranched alkanes of at least 4 members (excludes halogenated alkanes) is 15. The van der Waals surface area contributed by atoms with Crippen LogP contribution in [0.2, 0.25) is 0 Å². The van der Waals surface area contributed by atoms with Crippen molar-refractivity contribution in [2.75, 3.05) is 13.1 Å². The van der Waals surface area contributed by atoms with E-state index in [1.54, 1.807) is 6.92 Å². The van der Waals surface area contributed by atoms with Gasteiger partial charge in [-0.15, -0.1) is 0 Å². The molecule has 4 nitrogen and oxygen atoms in total. The summed E-state index contributed by atoms with van der Waals surface area (Å²) in [7, 11) is 0. The first-order valence-electron chi connectivity index (χ1n) is 14.9. The molecular weight excluding hydrogens is 418 g/mol. The fourth-order valence-corrected chi connectivity index (χ4v) is 5.46. The standard InChI is InChI=1S/C30H57N3O/c1-5-7-8-9-10-11-12-13-14-15-16-17-18-19-20-21-22-23-24-25-30-31-26-27-33(30,6-2)28(3)32-29(4)34/h19-20,26,28,30H,5-18,21-25,27H2,1-4H3/p+1/b20-19+. The normalized spacial score (nSPS) is 20.9. The van der Waals surface area contributed by atoms with E-state index in [0.717, 1.165) is 24.0 Å². The number of rotatable bonds is 22. The number of amides is 1. The van der Waals surface area contributed by atoms with Crippen molar-refractivity contribution >= 4 is 12.1 Å². The quantitative estimate of drug-likeness (QED) is 0.0952. The Bertz CT molecular complexity index is 559. The summed E-state index contributed by atoms with van der Waals surface area (Å²) in [4.78, 5) is 16.3. The number of carbonyl (C=O) groups excluding carboxylic acids is 1. The van der Waals surface area contributed by atoms with Crippen LogP contribution in [0.15, 0.2) is 17.1 Å². The average Bonchev–Trinajstić information content (AvgIpc) is 3.24. The lowest BCUT2D eigenvalue weighted by atomic mass is 10.0. The van der Waals surface area contributed by atoms with Crippen LogP contribution in [0.4, 0.5) is 0 Å². The van der Waals surface area contributed by atoms with Crippen molar-refractivity contribution in [2.45, 2.75) is 156 Å². The summed E-state index contributed by atoms with van der Waals surface area (Å²) in [5.74, 6) is 0.0550. The van der Waals surface area contributed by atoms with Crippen molar-refractivity contribution in [1.82, 2.24) is 5.32 Å². The van der Waals surface area contributed by atoms with E-state index in [1.807, 2.05) is 0 Å². The minimum absolute atomic E-state index is 0.0550. The van der Waals surface area contributed by atoms with Gasteiger partial charge in [0.2, 0.25) is 5.91 Å². The van der Waals surface area contributed by atoms with Crippen molar-refractivity contribution in [1.29, 1.82) is 0 Å². The van der Waals surface area contributed by atoms with Crippen molar-refractivity contribution < 1.29 is 9.28 Å². The molecule has 0 saturated heterocycles. The molecule has 3 unspecified atom stereocenters. The van der Waals surface area contributed by atoms with E-state index >= 15 is 0 Å². The number of carbonyl (C=O) groups is 1. The monoisotopic (exact) mass is 476 g/mol. The van der Waals surface area contributed by atoms with E-state index in [0.29, 0.717) is 6.17 Å². The zero-order valence-electron chi connectivity index (χ0n) is 23.3. The molecular formula is C30H58N3O+. The van der Waals surface area contributed by atoms with Crippen LogP contribution in [0, 0.1) is 0 Å². The molecule has 3 atom stereocenters. The second-order valence-corrected chi connectivity index (χ2v) is 10.6. The summed E-state index contributed by atoms with van der Waals surface area (Å²) in [6.07, 6.45) is 31.8. The summed E-state index contributed by atoms with van der Waals surface area (Å²) < 4.78 is 0.874. The summed E-state index contributed by atoms with van der Waals surface area (Å²) in [6.45, 7) is 10.2. The van der Waals surface area contributed by atoms with Crippen LogP contribution in [0.25, 0.3) is 0 Å². The molecule has 4 heteroatoms. The lowest BCUT2D eigenvalue weighted by molar-refractivity contribution is -0.959. The largest absolute Gasteiger partial charge is 0.307 e. The van der Waals surface area contributed by atoms with Gasteiger partial charge >= 0.3 is 0 Å². The second kappa shape index (κ2) is 20.1. The second-order valence-electron chi connectivity index (χ2n) is 10.6. The third kappa shape index (κ3) is 13.1. The molecule has 0 spiro atoms. The van der Waals surface area contributed by atoms with Gasteiger partial charge in [0.05, 0.1) is 12.8 Å². The molecule has 1 aliphatic heterocycles. The van der Waals surface area contributed by atoms with Crippen molar-refractivity contribution in [2.24, 2.45) is 4.99 Å². The van der Waals surface area contributed by atoms with Crippen LogP contribution in [0.3, 0.4) is 0 Å². The molecule has 1 amide bonds. The van der Waals surface area contributed by atoms with E-state index in [1.165, 1.54) is 109 Å². The summed E-state index contributed by atoms with van der Waals surface area (Å²) in [5, 5.41) is 3.11. The topological polar surface area (TPSA) is 41.5 Å². The van der Waals surface area contributed by atoms with Crippen LogP contribution in [0.5, 0.6) is 0 Å². The molecule has 1 N–H and O–H groups in total. The van der Waals surface area contributed by atoms with Crippen molar-refractivity contribution in [3.8, 4) is 0 Å². The molecule has 0 aromatic rings. The number of quaternary nitrogens is 1. The van der Waals surface area contributed by atoms with E-state index in [2.05, 4.69) is 44.5 Å². The Hall–Kier alpha value is -1.16. The van der Waals surface area contributed by atoms with Crippen molar-refractivity contribution in [3.05, 3.63) is 12.2 Å². The van der Waals surface area contributed by atoms with Gasteiger partial charge in [-0.25, -0.2) is 4.99 Å². The van der Waals surface area contributed by atoms with Gasteiger partial charge in [-0.05, 0) is 39.0 Å². The third-order valence-electron chi connectivity index (χ3n) is 7.79. The highest BCUT2D eigenvalue weighted by atomic mass is 16.1. The average molecular weight is 477 g/mol. The Balaban J connectivity index is 1.97. The summed E-state index contributed by atoms with van der Waals surface area (Å²) >= 11 is 0. The van der Waals surface area contributed by atoms with Crippen LogP contribution >= 0.6 is 0 Å². The number of aliphatic imine (C=N–C) groups is 1. The highest BCUT2D eigenvalue weighted by Gasteiger charge is 2.42. The zero-order chi connectivity index (χ0) is 24.9. The van der Waals surface area contributed by atoms with Gasteiger partial charge in [0.1, 0.15) is 6.54 Å². The van der Waals surface area contributed by atoms with Gasteiger partial charge < -0.3 is 5.32 Å². The maximum Gasteiger partial charge on any atom is 0.221 e. The molecule has 1 rings (SSSR count). The maximum absolute atomic E-state index is 11.5. The van der Waals surface area contributed by atoms with Gasteiger partial charge in [-0.2, -0.15) is 0 Å². The number of nitrogens with zero attached hydrogens (tertiary/aromatic N) is 2. The first kappa shape index (κ1) is 30.9. The number of hydrogen-bond acceptors (Lipinski definition) is 2. The molecule has 0 aliphatic carbocycles. The minimum atomic E-state index is 0.0550. The van der Waals surface area contributed by atoms with Crippen LogP contribution in [0.1, 0.15) is 143 Å². The molecule has 0 aromatic carbocycles. The number of nitrogens with one attached hydrogen (secondary N) is 1. The molecule has 1 heterocycles. The Morgan fingerprint density at radius 2 is 1.38 bits per heavy atom. The molecule has 1 aliphatic rings. The molecule has 198 valence electrons. The Morgan fingerprint density at radius 1 is 0.882 bits per heavy atom. The summed E-state index contributed by atoms with van der Waals surface area (Å²) in [6, 6.07) is 0. The van der Waals surface area contributed by atoms with Gasteiger partial charge in [0.25, 0.3) is 0 Å². The fourth-order valence-electron chi connectivity index (χ4n) is 5.46. The van der Waals surface area contributed by atoms with Crippen LogP contribution in [-0.2, 0) is 4.79 Å². The van der Waals surface area contributed by atoms with E-state index in [-0.39, 0.29) is 12.1 Å². The number of hydrogen-bond donors (Lipinski definition) is 1. The smallest absolute Gasteiger partial charge is 0.221 e. The molecule has 0 radical (unpaired) electrons. The fraction of sp³-hybridized carbons (Fsp3) is 0.867. The first-order valence-corrected chi connectivity index (χ1v) is 14.9. The minimum Gasteiger partial charge on any atom is -0.307 e. The third-order valence-corrected chi connectivity index (χ3v) is 7.79. The summed E-state index contributed by atoms with van der Waals surface area (Å²) in [5.41, 5.74) is 0. The van der Waals surface area contributed by atoms with Crippen LogP contribution in [-0.4, -0.2) is 42.0 Å². The lowest BCUT2D eigenvalue weighted by Gasteiger charge is -2.42. The Labute approximate surface area is 212 Å². The van der Waals surface area contributed by atoms with Crippen molar-refractivity contribution in [3.63, 3.8) is 0 Å². The highest BCUT2D eigenvalue weighted by molar-refractivity contribution is 5.73. The van der Waals surface area contributed by atoms with E-state index in [9.17, 15) is 4.79 Å². The maximum atomic E-state index is 11.5. The number of allylic oxidation sites excluding steroid dienone is 2. The van der Waals surface area contributed by atoms with Crippen LogP contribution < -0.4 is 5.32 Å². The zero-order valence-corrected chi connectivity index (χ0v) is 23.3.